The van der Waals surface area contributed by atoms with Gasteiger partial charge < -0.3 is 9.32 Å². The van der Waals surface area contributed by atoms with Crippen molar-refractivity contribution in [3.05, 3.63) is 163 Å². The van der Waals surface area contributed by atoms with E-state index in [0.29, 0.717) is 0 Å². The summed E-state index contributed by atoms with van der Waals surface area (Å²) in [6, 6.07) is 54.8. The van der Waals surface area contributed by atoms with E-state index in [9.17, 15) is 0 Å². The van der Waals surface area contributed by atoms with E-state index >= 15 is 0 Å². The highest BCUT2D eigenvalue weighted by molar-refractivity contribution is 6.06. The SMILES string of the molecule is CC1(C)c2ccccc2-c2ccc(N(c3ccc(-c4cccc5ccccc45)cc3)c3ccc4oc5ccccc5c4c3)cc21. The van der Waals surface area contributed by atoms with Crippen LogP contribution in [0.25, 0.3) is 55.0 Å². The third-order valence-electron chi connectivity index (χ3n) is 9.67. The van der Waals surface area contributed by atoms with Crippen molar-refractivity contribution in [1.82, 2.24) is 0 Å². The predicted molar refractivity (Wildman–Crippen MR) is 189 cm³/mol. The van der Waals surface area contributed by atoms with Crippen LogP contribution in [0.15, 0.2) is 156 Å². The van der Waals surface area contributed by atoms with Crippen LogP contribution in [0.3, 0.4) is 0 Å². The van der Waals surface area contributed by atoms with E-state index in [4.69, 9.17) is 4.42 Å². The van der Waals surface area contributed by atoms with E-state index < -0.39 is 0 Å². The quantitative estimate of drug-likeness (QED) is 0.207. The normalized spacial score (nSPS) is 13.3. The van der Waals surface area contributed by atoms with Crippen molar-refractivity contribution in [2.45, 2.75) is 19.3 Å². The van der Waals surface area contributed by atoms with Gasteiger partial charge in [0, 0.05) is 33.2 Å². The minimum Gasteiger partial charge on any atom is -0.456 e. The smallest absolute Gasteiger partial charge is 0.135 e. The first-order valence-electron chi connectivity index (χ1n) is 15.6. The van der Waals surface area contributed by atoms with Crippen LogP contribution in [0.4, 0.5) is 17.1 Å². The van der Waals surface area contributed by atoms with Gasteiger partial charge in [0.15, 0.2) is 0 Å². The van der Waals surface area contributed by atoms with Gasteiger partial charge in [-0.25, -0.2) is 0 Å². The van der Waals surface area contributed by atoms with Crippen molar-refractivity contribution < 1.29 is 4.42 Å². The van der Waals surface area contributed by atoms with Gasteiger partial charge in [-0.05, 0) is 92.7 Å². The van der Waals surface area contributed by atoms with E-state index in [0.717, 1.165) is 39.0 Å². The zero-order valence-electron chi connectivity index (χ0n) is 25.3. The Morgan fingerprint density at radius 1 is 0.444 bits per heavy atom. The van der Waals surface area contributed by atoms with Gasteiger partial charge in [-0.15, -0.1) is 0 Å². The third-order valence-corrected chi connectivity index (χ3v) is 9.67. The molecular weight excluding hydrogens is 546 g/mol. The van der Waals surface area contributed by atoms with E-state index in [1.807, 2.05) is 12.1 Å². The molecule has 0 unspecified atom stereocenters. The molecule has 0 bridgehead atoms. The van der Waals surface area contributed by atoms with Gasteiger partial charge in [-0.2, -0.15) is 0 Å². The van der Waals surface area contributed by atoms with Crippen LogP contribution in [-0.2, 0) is 5.41 Å². The minimum atomic E-state index is -0.0868. The lowest BCUT2D eigenvalue weighted by Gasteiger charge is -2.28. The Bertz CT molecular complexity index is 2410. The largest absolute Gasteiger partial charge is 0.456 e. The second kappa shape index (κ2) is 9.70. The van der Waals surface area contributed by atoms with Gasteiger partial charge >= 0.3 is 0 Å². The van der Waals surface area contributed by atoms with E-state index in [1.54, 1.807) is 0 Å². The molecule has 0 fully saturated rings. The molecule has 9 rings (SSSR count). The molecule has 2 heteroatoms. The Morgan fingerprint density at radius 3 is 1.96 bits per heavy atom. The molecule has 0 saturated heterocycles. The van der Waals surface area contributed by atoms with Crippen LogP contribution in [-0.4, -0.2) is 0 Å². The average Bonchev–Trinajstić information content (AvgIpc) is 3.57. The highest BCUT2D eigenvalue weighted by Gasteiger charge is 2.35. The third kappa shape index (κ3) is 3.96. The Hall–Kier alpha value is -5.60. The molecule has 0 atom stereocenters. The number of furan rings is 1. The second-order valence-electron chi connectivity index (χ2n) is 12.6. The molecule has 0 aliphatic heterocycles. The van der Waals surface area contributed by atoms with Crippen molar-refractivity contribution in [2.24, 2.45) is 0 Å². The van der Waals surface area contributed by atoms with Crippen LogP contribution < -0.4 is 4.90 Å². The van der Waals surface area contributed by atoms with Crippen molar-refractivity contribution in [3.8, 4) is 22.3 Å². The first-order chi connectivity index (χ1) is 22.1. The molecule has 2 nitrogen and oxygen atoms in total. The second-order valence-corrected chi connectivity index (χ2v) is 12.6. The summed E-state index contributed by atoms with van der Waals surface area (Å²) in [7, 11) is 0. The highest BCUT2D eigenvalue weighted by atomic mass is 16.3. The maximum atomic E-state index is 6.20. The van der Waals surface area contributed by atoms with Crippen LogP contribution in [0.2, 0.25) is 0 Å². The molecule has 0 N–H and O–H groups in total. The monoisotopic (exact) mass is 577 g/mol. The fraction of sp³-hybridized carbons (Fsp3) is 0.0698. The summed E-state index contributed by atoms with van der Waals surface area (Å²) in [5.74, 6) is 0. The van der Waals surface area contributed by atoms with E-state index in [1.165, 1.54) is 44.2 Å². The molecule has 0 radical (unpaired) electrons. The summed E-state index contributed by atoms with van der Waals surface area (Å²) < 4.78 is 6.20. The van der Waals surface area contributed by atoms with Crippen LogP contribution in [0, 0.1) is 0 Å². The van der Waals surface area contributed by atoms with Crippen molar-refractivity contribution in [3.63, 3.8) is 0 Å². The molecule has 7 aromatic carbocycles. The standard InChI is InChI=1S/C43H31NO/c1-43(2)39-16-7-5-13-35(39)36-24-22-32(27-40(36)43)44(31-23-25-42-38(26-31)37-14-6-8-17-41(37)45-42)30-20-18-29(19-21-30)34-15-9-11-28-10-3-4-12-33(28)34/h3-27H,1-2H3. The zero-order chi connectivity index (χ0) is 30.1. The summed E-state index contributed by atoms with van der Waals surface area (Å²) in [5, 5.41) is 4.77. The molecule has 0 spiro atoms. The molecule has 1 aliphatic rings. The molecule has 8 aromatic rings. The van der Waals surface area contributed by atoms with Crippen molar-refractivity contribution in [1.29, 1.82) is 0 Å². The Morgan fingerprint density at radius 2 is 1.07 bits per heavy atom. The number of rotatable bonds is 4. The van der Waals surface area contributed by atoms with Gasteiger partial charge in [0.25, 0.3) is 0 Å². The fourth-order valence-corrected chi connectivity index (χ4v) is 7.40. The van der Waals surface area contributed by atoms with Crippen LogP contribution >= 0.6 is 0 Å². The summed E-state index contributed by atoms with van der Waals surface area (Å²) in [4.78, 5) is 2.38. The number of hydrogen-bond acceptors (Lipinski definition) is 2. The van der Waals surface area contributed by atoms with Crippen molar-refractivity contribution >= 4 is 49.8 Å². The maximum absolute atomic E-state index is 6.20. The summed E-state index contributed by atoms with van der Waals surface area (Å²) in [6.07, 6.45) is 0. The number of fused-ring (bicyclic) bond motifs is 7. The summed E-state index contributed by atoms with van der Waals surface area (Å²) in [5.41, 5.74) is 12.9. The van der Waals surface area contributed by atoms with Gasteiger partial charge in [-0.1, -0.05) is 117 Å². The van der Waals surface area contributed by atoms with E-state index in [-0.39, 0.29) is 5.41 Å². The number of nitrogens with zero attached hydrogens (tertiary/aromatic N) is 1. The van der Waals surface area contributed by atoms with Crippen molar-refractivity contribution in [2.75, 3.05) is 4.90 Å². The minimum absolute atomic E-state index is 0.0868. The molecule has 0 amide bonds. The predicted octanol–water partition coefficient (Wildman–Crippen LogP) is 12.2. The fourth-order valence-electron chi connectivity index (χ4n) is 7.40. The lowest BCUT2D eigenvalue weighted by Crippen LogP contribution is -2.16. The Labute approximate surface area is 262 Å². The Kier molecular flexibility index (Phi) is 5.58. The average molecular weight is 578 g/mol. The highest BCUT2D eigenvalue weighted by Crippen LogP contribution is 2.51. The number of hydrogen-bond donors (Lipinski definition) is 0. The lowest BCUT2D eigenvalue weighted by molar-refractivity contribution is 0.660. The summed E-state index contributed by atoms with van der Waals surface area (Å²) >= 11 is 0. The maximum Gasteiger partial charge on any atom is 0.135 e. The number of para-hydroxylation sites is 1. The first-order valence-corrected chi connectivity index (χ1v) is 15.6. The molecule has 45 heavy (non-hydrogen) atoms. The lowest BCUT2D eigenvalue weighted by atomic mass is 9.82. The zero-order valence-corrected chi connectivity index (χ0v) is 25.3. The van der Waals surface area contributed by atoms with Gasteiger partial charge in [0.05, 0.1) is 0 Å². The van der Waals surface area contributed by atoms with Gasteiger partial charge in [-0.3, -0.25) is 0 Å². The first kappa shape index (κ1) is 25.9. The molecule has 1 aliphatic carbocycles. The Balaban J connectivity index is 1.22. The molecule has 1 heterocycles. The van der Waals surface area contributed by atoms with Gasteiger partial charge in [0.2, 0.25) is 0 Å². The molecular formula is C43H31NO. The van der Waals surface area contributed by atoms with Crippen LogP contribution in [0.5, 0.6) is 0 Å². The number of anilines is 3. The number of benzene rings is 7. The van der Waals surface area contributed by atoms with Gasteiger partial charge in [0.1, 0.15) is 11.2 Å². The topological polar surface area (TPSA) is 16.4 Å². The molecule has 214 valence electrons. The summed E-state index contributed by atoms with van der Waals surface area (Å²) in [6.45, 7) is 4.68. The molecule has 1 aromatic heterocycles. The molecule has 0 saturated carbocycles. The van der Waals surface area contributed by atoms with Crippen LogP contribution in [0.1, 0.15) is 25.0 Å². The van der Waals surface area contributed by atoms with E-state index in [2.05, 4.69) is 158 Å².